The fourth-order valence-corrected chi connectivity index (χ4v) is 2.22. The van der Waals surface area contributed by atoms with Crippen LogP contribution >= 0.6 is 11.6 Å². The van der Waals surface area contributed by atoms with Gasteiger partial charge in [0.05, 0.1) is 19.3 Å². The average Bonchev–Trinajstić information content (AvgIpc) is 2.48. The quantitative estimate of drug-likeness (QED) is 0.657. The van der Waals surface area contributed by atoms with Gasteiger partial charge in [0.25, 0.3) is 0 Å². The molecule has 0 amide bonds. The minimum atomic E-state index is -0.317. The van der Waals surface area contributed by atoms with Gasteiger partial charge in [0.1, 0.15) is 11.6 Å². The SMILES string of the molecule is COc1cnccc1C(Cc1cc(Cl)ccc1F)NN. The predicted octanol–water partition coefficient (Wildman–Crippen LogP) is 2.63. The summed E-state index contributed by atoms with van der Waals surface area (Å²) in [6.45, 7) is 0. The van der Waals surface area contributed by atoms with Crippen molar-refractivity contribution in [3.63, 3.8) is 0 Å². The molecule has 20 heavy (non-hydrogen) atoms. The highest BCUT2D eigenvalue weighted by atomic mass is 35.5. The summed E-state index contributed by atoms with van der Waals surface area (Å²) in [4.78, 5) is 3.98. The summed E-state index contributed by atoms with van der Waals surface area (Å²) in [6.07, 6.45) is 3.58. The lowest BCUT2D eigenvalue weighted by atomic mass is 9.99. The molecule has 6 heteroatoms. The second kappa shape index (κ2) is 6.65. The average molecular weight is 296 g/mol. The van der Waals surface area contributed by atoms with E-state index in [1.54, 1.807) is 31.6 Å². The van der Waals surface area contributed by atoms with Crippen molar-refractivity contribution in [1.82, 2.24) is 10.4 Å². The molecule has 1 unspecified atom stereocenters. The van der Waals surface area contributed by atoms with Crippen LogP contribution in [0.5, 0.6) is 5.75 Å². The Morgan fingerprint density at radius 2 is 2.25 bits per heavy atom. The standard InChI is InChI=1S/C14H15ClFN3O/c1-20-14-8-18-5-4-11(14)13(19-17)7-9-6-10(15)2-3-12(9)16/h2-6,8,13,19H,7,17H2,1H3. The first-order valence-corrected chi connectivity index (χ1v) is 6.41. The first-order valence-electron chi connectivity index (χ1n) is 6.03. The summed E-state index contributed by atoms with van der Waals surface area (Å²) >= 11 is 5.90. The third-order valence-corrected chi connectivity index (χ3v) is 3.28. The maximum Gasteiger partial charge on any atom is 0.141 e. The Kier molecular flexibility index (Phi) is 4.89. The molecule has 2 rings (SSSR count). The Morgan fingerprint density at radius 1 is 1.45 bits per heavy atom. The lowest BCUT2D eigenvalue weighted by molar-refractivity contribution is 0.396. The van der Waals surface area contributed by atoms with Crippen LogP contribution in [-0.2, 0) is 6.42 Å². The molecule has 1 aromatic heterocycles. The number of aromatic nitrogens is 1. The van der Waals surface area contributed by atoms with E-state index in [4.69, 9.17) is 22.2 Å². The highest BCUT2D eigenvalue weighted by molar-refractivity contribution is 6.30. The number of methoxy groups -OCH3 is 1. The Hall–Kier alpha value is -1.69. The molecule has 0 radical (unpaired) electrons. The van der Waals surface area contributed by atoms with Crippen molar-refractivity contribution >= 4 is 11.6 Å². The topological polar surface area (TPSA) is 60.2 Å². The number of ether oxygens (including phenoxy) is 1. The fourth-order valence-electron chi connectivity index (χ4n) is 2.03. The predicted molar refractivity (Wildman–Crippen MR) is 76.0 cm³/mol. The number of hydrogen-bond donors (Lipinski definition) is 2. The second-order valence-electron chi connectivity index (χ2n) is 4.28. The molecule has 2 aromatic rings. The third kappa shape index (κ3) is 3.25. The van der Waals surface area contributed by atoms with Gasteiger partial charge in [0.2, 0.25) is 0 Å². The molecule has 0 aliphatic rings. The number of benzene rings is 1. The minimum absolute atomic E-state index is 0.305. The van der Waals surface area contributed by atoms with Crippen LogP contribution in [0.1, 0.15) is 17.2 Å². The molecule has 0 aliphatic carbocycles. The molecule has 3 N–H and O–H groups in total. The van der Waals surface area contributed by atoms with Crippen molar-refractivity contribution in [2.24, 2.45) is 5.84 Å². The maximum atomic E-state index is 13.8. The number of hydrazine groups is 1. The zero-order valence-electron chi connectivity index (χ0n) is 10.9. The van der Waals surface area contributed by atoms with Crippen molar-refractivity contribution in [2.75, 3.05) is 7.11 Å². The smallest absolute Gasteiger partial charge is 0.141 e. The molecule has 1 heterocycles. The molecule has 0 bridgehead atoms. The summed E-state index contributed by atoms with van der Waals surface area (Å²) in [6, 6.07) is 5.93. The molecule has 0 saturated carbocycles. The first-order chi connectivity index (χ1) is 9.65. The monoisotopic (exact) mass is 295 g/mol. The van der Waals surface area contributed by atoms with Gasteiger partial charge in [-0.2, -0.15) is 0 Å². The third-order valence-electron chi connectivity index (χ3n) is 3.04. The molecule has 1 atom stereocenters. The van der Waals surface area contributed by atoms with Crippen LogP contribution < -0.4 is 16.0 Å². The van der Waals surface area contributed by atoms with Crippen LogP contribution in [-0.4, -0.2) is 12.1 Å². The van der Waals surface area contributed by atoms with E-state index in [-0.39, 0.29) is 11.9 Å². The van der Waals surface area contributed by atoms with Crippen LogP contribution in [0.25, 0.3) is 0 Å². The van der Waals surface area contributed by atoms with Gasteiger partial charge in [0.15, 0.2) is 0 Å². The number of rotatable bonds is 5. The molecule has 4 nitrogen and oxygen atoms in total. The Morgan fingerprint density at radius 3 is 2.95 bits per heavy atom. The van der Waals surface area contributed by atoms with Gasteiger partial charge in [-0.05, 0) is 36.2 Å². The number of hydrogen-bond acceptors (Lipinski definition) is 4. The molecule has 1 aromatic carbocycles. The Bertz CT molecular complexity index is 594. The molecular formula is C14H15ClFN3O. The summed E-state index contributed by atoms with van der Waals surface area (Å²) < 4.78 is 19.0. The Balaban J connectivity index is 2.31. The van der Waals surface area contributed by atoms with Crippen molar-refractivity contribution in [1.29, 1.82) is 0 Å². The van der Waals surface area contributed by atoms with E-state index < -0.39 is 0 Å². The van der Waals surface area contributed by atoms with Crippen LogP contribution in [0, 0.1) is 5.82 Å². The summed E-state index contributed by atoms with van der Waals surface area (Å²) in [5.74, 6) is 5.86. The van der Waals surface area contributed by atoms with Gasteiger partial charge in [-0.3, -0.25) is 16.3 Å². The molecular weight excluding hydrogens is 281 g/mol. The van der Waals surface area contributed by atoms with Gasteiger partial charge >= 0.3 is 0 Å². The van der Waals surface area contributed by atoms with Gasteiger partial charge in [-0.15, -0.1) is 0 Å². The van der Waals surface area contributed by atoms with Crippen molar-refractivity contribution in [2.45, 2.75) is 12.5 Å². The second-order valence-corrected chi connectivity index (χ2v) is 4.71. The number of pyridine rings is 1. The summed E-state index contributed by atoms with van der Waals surface area (Å²) in [7, 11) is 1.55. The van der Waals surface area contributed by atoms with E-state index in [0.29, 0.717) is 22.8 Å². The summed E-state index contributed by atoms with van der Waals surface area (Å²) in [5, 5.41) is 0.485. The van der Waals surface area contributed by atoms with E-state index >= 15 is 0 Å². The van der Waals surface area contributed by atoms with Crippen LogP contribution in [0.4, 0.5) is 4.39 Å². The lowest BCUT2D eigenvalue weighted by Crippen LogP contribution is -2.30. The van der Waals surface area contributed by atoms with E-state index in [0.717, 1.165) is 5.56 Å². The largest absolute Gasteiger partial charge is 0.495 e. The maximum absolute atomic E-state index is 13.8. The van der Waals surface area contributed by atoms with Crippen molar-refractivity contribution in [3.05, 3.63) is 58.6 Å². The highest BCUT2D eigenvalue weighted by Gasteiger charge is 2.17. The van der Waals surface area contributed by atoms with Gasteiger partial charge in [0, 0.05) is 16.8 Å². The van der Waals surface area contributed by atoms with E-state index in [1.807, 2.05) is 0 Å². The minimum Gasteiger partial charge on any atom is -0.495 e. The van der Waals surface area contributed by atoms with Crippen LogP contribution in [0.3, 0.4) is 0 Å². The molecule has 0 spiro atoms. The normalized spacial score (nSPS) is 12.2. The van der Waals surface area contributed by atoms with E-state index in [2.05, 4.69) is 10.4 Å². The van der Waals surface area contributed by atoms with Gasteiger partial charge in [-0.1, -0.05) is 11.6 Å². The molecule has 0 fully saturated rings. The fraction of sp³-hybridized carbons (Fsp3) is 0.214. The van der Waals surface area contributed by atoms with Gasteiger partial charge < -0.3 is 4.74 Å². The molecule has 106 valence electrons. The number of nitrogens with one attached hydrogen (secondary N) is 1. The van der Waals surface area contributed by atoms with E-state index in [1.165, 1.54) is 12.1 Å². The van der Waals surface area contributed by atoms with Crippen molar-refractivity contribution < 1.29 is 9.13 Å². The van der Waals surface area contributed by atoms with Crippen LogP contribution in [0.15, 0.2) is 36.7 Å². The number of halogens is 2. The van der Waals surface area contributed by atoms with Crippen LogP contribution in [0.2, 0.25) is 5.02 Å². The van der Waals surface area contributed by atoms with Gasteiger partial charge in [-0.25, -0.2) is 4.39 Å². The van der Waals surface area contributed by atoms with E-state index in [9.17, 15) is 4.39 Å². The Labute approximate surface area is 121 Å². The molecule has 0 aliphatic heterocycles. The summed E-state index contributed by atoms with van der Waals surface area (Å²) in [5.41, 5.74) is 3.97. The number of nitrogens with two attached hydrogens (primary N) is 1. The zero-order valence-corrected chi connectivity index (χ0v) is 11.7. The molecule has 0 saturated heterocycles. The first kappa shape index (κ1) is 14.7. The number of nitrogens with zero attached hydrogens (tertiary/aromatic N) is 1. The lowest BCUT2D eigenvalue weighted by Gasteiger charge is -2.19. The zero-order chi connectivity index (χ0) is 14.5. The van der Waals surface area contributed by atoms with Crippen molar-refractivity contribution in [3.8, 4) is 5.75 Å². The highest BCUT2D eigenvalue weighted by Crippen LogP contribution is 2.27.